The number of amides is 1. The number of alkyl halides is 3. The van der Waals surface area contributed by atoms with Gasteiger partial charge in [-0.25, -0.2) is 4.79 Å². The van der Waals surface area contributed by atoms with Crippen molar-refractivity contribution in [1.29, 1.82) is 0 Å². The maximum absolute atomic E-state index is 12.7. The van der Waals surface area contributed by atoms with Crippen molar-refractivity contribution < 1.29 is 32.4 Å². The standard InChI is InChI=1S/C19H15F3N2O5/c1-12(18(26)23-15-7-4-6-14(11-15)19(20,21)22)29-17(25)10-9-13-5-2-3-8-16(13)24(27)28/h2-12H,1H3,(H,23,26). The van der Waals surface area contributed by atoms with Gasteiger partial charge >= 0.3 is 12.1 Å². The second-order valence-corrected chi connectivity index (χ2v) is 5.80. The van der Waals surface area contributed by atoms with Crippen molar-refractivity contribution in [2.24, 2.45) is 0 Å². The maximum atomic E-state index is 12.7. The summed E-state index contributed by atoms with van der Waals surface area (Å²) < 4.78 is 43.0. The van der Waals surface area contributed by atoms with Gasteiger partial charge in [0, 0.05) is 17.8 Å². The van der Waals surface area contributed by atoms with Crippen LogP contribution in [-0.2, 0) is 20.5 Å². The van der Waals surface area contributed by atoms with Crippen LogP contribution >= 0.6 is 0 Å². The number of nitrogens with zero attached hydrogens (tertiary/aromatic N) is 1. The predicted octanol–water partition coefficient (Wildman–Crippen LogP) is 4.20. The van der Waals surface area contributed by atoms with E-state index in [-0.39, 0.29) is 16.9 Å². The molecule has 0 heterocycles. The molecule has 0 spiro atoms. The highest BCUT2D eigenvalue weighted by Gasteiger charge is 2.30. The van der Waals surface area contributed by atoms with Crippen LogP contribution in [0, 0.1) is 10.1 Å². The zero-order valence-corrected chi connectivity index (χ0v) is 15.0. The number of carbonyl (C=O) groups excluding carboxylic acids is 2. The van der Waals surface area contributed by atoms with Crippen LogP contribution in [0.25, 0.3) is 6.08 Å². The number of nitrogens with one attached hydrogen (secondary N) is 1. The summed E-state index contributed by atoms with van der Waals surface area (Å²) in [5, 5.41) is 13.2. The Hall–Kier alpha value is -3.69. The number of benzene rings is 2. The molecule has 2 aromatic carbocycles. The van der Waals surface area contributed by atoms with Gasteiger partial charge in [0.05, 0.1) is 16.1 Å². The molecular weight excluding hydrogens is 393 g/mol. The highest BCUT2D eigenvalue weighted by molar-refractivity contribution is 5.96. The average molecular weight is 408 g/mol. The third-order valence-electron chi connectivity index (χ3n) is 3.65. The molecule has 0 aliphatic heterocycles. The predicted molar refractivity (Wildman–Crippen MR) is 97.8 cm³/mol. The van der Waals surface area contributed by atoms with Gasteiger partial charge in [-0.15, -0.1) is 0 Å². The topological polar surface area (TPSA) is 98.5 Å². The number of anilines is 1. The number of hydrogen-bond acceptors (Lipinski definition) is 5. The first-order valence-corrected chi connectivity index (χ1v) is 8.18. The molecule has 0 radical (unpaired) electrons. The molecule has 1 amide bonds. The Bertz CT molecular complexity index is 957. The molecule has 1 atom stereocenters. The summed E-state index contributed by atoms with van der Waals surface area (Å²) in [5.41, 5.74) is -1.10. The minimum absolute atomic E-state index is 0.108. The van der Waals surface area contributed by atoms with Gasteiger partial charge < -0.3 is 10.1 Å². The number of nitro benzene ring substituents is 1. The van der Waals surface area contributed by atoms with Gasteiger partial charge in [-0.05, 0) is 37.3 Å². The van der Waals surface area contributed by atoms with Crippen LogP contribution in [0.4, 0.5) is 24.5 Å². The van der Waals surface area contributed by atoms with Gasteiger partial charge in [0.2, 0.25) is 0 Å². The number of ether oxygens (including phenoxy) is 1. The molecule has 0 aromatic heterocycles. The smallest absolute Gasteiger partial charge is 0.416 e. The molecule has 2 rings (SSSR count). The van der Waals surface area contributed by atoms with E-state index in [1.54, 1.807) is 6.07 Å². The fraction of sp³-hybridized carbons (Fsp3) is 0.158. The Kier molecular flexibility index (Phi) is 6.71. The number of hydrogen-bond donors (Lipinski definition) is 1. The molecule has 0 saturated heterocycles. The van der Waals surface area contributed by atoms with E-state index >= 15 is 0 Å². The molecular formula is C19H15F3N2O5. The van der Waals surface area contributed by atoms with Gasteiger partial charge in [0.15, 0.2) is 6.10 Å². The van der Waals surface area contributed by atoms with Crippen molar-refractivity contribution in [1.82, 2.24) is 0 Å². The lowest BCUT2D eigenvalue weighted by molar-refractivity contribution is -0.385. The minimum atomic E-state index is -4.57. The lowest BCUT2D eigenvalue weighted by atomic mass is 10.1. The summed E-state index contributed by atoms with van der Waals surface area (Å²) in [4.78, 5) is 34.2. The molecule has 10 heteroatoms. The number of halogens is 3. The van der Waals surface area contributed by atoms with Crippen LogP contribution in [0.5, 0.6) is 0 Å². The molecule has 0 saturated carbocycles. The van der Waals surface area contributed by atoms with Crippen molar-refractivity contribution >= 4 is 29.3 Å². The summed E-state index contributed by atoms with van der Waals surface area (Å²) in [6, 6.07) is 9.69. The van der Waals surface area contributed by atoms with Crippen LogP contribution in [0.15, 0.2) is 54.6 Å². The largest absolute Gasteiger partial charge is 0.449 e. The van der Waals surface area contributed by atoms with E-state index < -0.39 is 34.6 Å². The third-order valence-corrected chi connectivity index (χ3v) is 3.65. The zero-order valence-electron chi connectivity index (χ0n) is 15.0. The SMILES string of the molecule is CC(OC(=O)C=Cc1ccccc1[N+](=O)[O-])C(=O)Nc1cccc(C(F)(F)F)c1. The Morgan fingerprint density at radius 2 is 1.86 bits per heavy atom. The summed E-state index contributed by atoms with van der Waals surface area (Å²) in [5.74, 6) is -1.79. The zero-order chi connectivity index (χ0) is 21.6. The molecule has 1 N–H and O–H groups in total. The van der Waals surface area contributed by atoms with E-state index in [0.29, 0.717) is 0 Å². The summed E-state index contributed by atoms with van der Waals surface area (Å²) in [7, 11) is 0. The van der Waals surface area contributed by atoms with E-state index in [9.17, 15) is 32.9 Å². The van der Waals surface area contributed by atoms with E-state index in [0.717, 1.165) is 30.4 Å². The number of nitro groups is 1. The quantitative estimate of drug-likeness (QED) is 0.334. The van der Waals surface area contributed by atoms with Gasteiger partial charge in [0.1, 0.15) is 0 Å². The molecule has 7 nitrogen and oxygen atoms in total. The monoisotopic (exact) mass is 408 g/mol. The lowest BCUT2D eigenvalue weighted by Gasteiger charge is -2.13. The molecule has 0 fully saturated rings. The normalized spacial score (nSPS) is 12.4. The molecule has 29 heavy (non-hydrogen) atoms. The van der Waals surface area contributed by atoms with Crippen LogP contribution < -0.4 is 5.32 Å². The molecule has 0 aliphatic rings. The van der Waals surface area contributed by atoms with E-state index in [1.807, 2.05) is 0 Å². The third kappa shape index (κ3) is 6.16. The Labute approximate surface area is 162 Å². The maximum Gasteiger partial charge on any atom is 0.416 e. The van der Waals surface area contributed by atoms with Crippen molar-refractivity contribution in [2.45, 2.75) is 19.2 Å². The Morgan fingerprint density at radius 3 is 2.52 bits per heavy atom. The molecule has 1 unspecified atom stereocenters. The molecule has 0 bridgehead atoms. The van der Waals surface area contributed by atoms with E-state index in [2.05, 4.69) is 5.32 Å². The molecule has 0 aliphatic carbocycles. The minimum Gasteiger partial charge on any atom is -0.449 e. The second kappa shape index (κ2) is 9.00. The average Bonchev–Trinajstić information content (AvgIpc) is 2.66. The first-order chi connectivity index (χ1) is 13.6. The highest BCUT2D eigenvalue weighted by atomic mass is 19.4. The fourth-order valence-electron chi connectivity index (χ4n) is 2.24. The number of carbonyl (C=O) groups is 2. The number of rotatable bonds is 6. The van der Waals surface area contributed by atoms with Gasteiger partial charge in [-0.2, -0.15) is 13.2 Å². The highest BCUT2D eigenvalue weighted by Crippen LogP contribution is 2.30. The molecule has 152 valence electrons. The number of esters is 1. The van der Waals surface area contributed by atoms with Crippen molar-refractivity contribution in [3.8, 4) is 0 Å². The summed E-state index contributed by atoms with van der Waals surface area (Å²) in [6.07, 6.45) is -3.80. The van der Waals surface area contributed by atoms with Crippen molar-refractivity contribution in [2.75, 3.05) is 5.32 Å². The van der Waals surface area contributed by atoms with Gasteiger partial charge in [0.25, 0.3) is 11.6 Å². The first kappa shape index (κ1) is 21.6. The summed E-state index contributed by atoms with van der Waals surface area (Å²) >= 11 is 0. The van der Waals surface area contributed by atoms with Gasteiger partial charge in [-0.1, -0.05) is 18.2 Å². The van der Waals surface area contributed by atoms with E-state index in [4.69, 9.17) is 4.74 Å². The fourth-order valence-corrected chi connectivity index (χ4v) is 2.24. The van der Waals surface area contributed by atoms with Crippen LogP contribution in [-0.4, -0.2) is 22.9 Å². The molecule has 2 aromatic rings. The van der Waals surface area contributed by atoms with Gasteiger partial charge in [-0.3, -0.25) is 14.9 Å². The Balaban J connectivity index is 1.99. The van der Waals surface area contributed by atoms with Crippen molar-refractivity contribution in [3.05, 3.63) is 75.8 Å². The second-order valence-electron chi connectivity index (χ2n) is 5.80. The van der Waals surface area contributed by atoms with Crippen LogP contribution in [0.2, 0.25) is 0 Å². The Morgan fingerprint density at radius 1 is 1.17 bits per heavy atom. The van der Waals surface area contributed by atoms with Crippen LogP contribution in [0.3, 0.4) is 0 Å². The first-order valence-electron chi connectivity index (χ1n) is 8.18. The van der Waals surface area contributed by atoms with Crippen molar-refractivity contribution in [3.63, 3.8) is 0 Å². The summed E-state index contributed by atoms with van der Waals surface area (Å²) in [6.45, 7) is 1.24. The number of para-hydroxylation sites is 1. The lowest BCUT2D eigenvalue weighted by Crippen LogP contribution is -2.29. The van der Waals surface area contributed by atoms with Crippen LogP contribution in [0.1, 0.15) is 18.1 Å². The van der Waals surface area contributed by atoms with E-state index in [1.165, 1.54) is 31.2 Å².